The predicted molar refractivity (Wildman–Crippen MR) is 153 cm³/mol. The third kappa shape index (κ3) is 4.92. The van der Waals surface area contributed by atoms with Gasteiger partial charge in [0.25, 0.3) is 0 Å². The van der Waals surface area contributed by atoms with E-state index in [2.05, 4.69) is 73.3 Å². The smallest absolute Gasteiger partial charge is 0.237 e. The number of methoxy groups -OCH3 is 1. The number of halogens is 1. The minimum atomic E-state index is 0.331. The average Bonchev–Trinajstić information content (AvgIpc) is 2.94. The van der Waals surface area contributed by atoms with Crippen LogP contribution in [0.4, 0.5) is 11.4 Å². The van der Waals surface area contributed by atoms with E-state index in [-0.39, 0.29) is 0 Å². The second kappa shape index (κ2) is 10.5. The molecule has 6 nitrogen and oxygen atoms in total. The number of anilines is 2. The van der Waals surface area contributed by atoms with Crippen molar-refractivity contribution >= 4 is 44.0 Å². The second-order valence-corrected chi connectivity index (χ2v) is 10.7. The van der Waals surface area contributed by atoms with Gasteiger partial charge in [0.05, 0.1) is 46.6 Å². The van der Waals surface area contributed by atoms with Gasteiger partial charge in [0.15, 0.2) is 0 Å². The molecule has 188 valence electrons. The van der Waals surface area contributed by atoms with E-state index in [1.807, 2.05) is 18.2 Å². The molecule has 1 saturated carbocycles. The third-order valence-electron chi connectivity index (χ3n) is 7.19. The number of rotatable bonds is 5. The summed E-state index contributed by atoms with van der Waals surface area (Å²) < 4.78 is 9.11. The van der Waals surface area contributed by atoms with Crippen LogP contribution in [-0.2, 0) is 0 Å². The lowest BCUT2D eigenvalue weighted by Crippen LogP contribution is -2.20. The van der Waals surface area contributed by atoms with E-state index in [0.717, 1.165) is 64.8 Å². The van der Waals surface area contributed by atoms with Crippen LogP contribution in [0.15, 0.2) is 76.4 Å². The molecule has 0 spiro atoms. The second-order valence-electron chi connectivity index (χ2n) is 9.67. The molecule has 1 fully saturated rings. The van der Waals surface area contributed by atoms with E-state index in [0.29, 0.717) is 11.9 Å². The van der Waals surface area contributed by atoms with Crippen molar-refractivity contribution in [3.8, 4) is 17.3 Å². The standard InChI is InChI=1S/C30H30BrN5O/c1-37-30-24(11-7-17-32-30)35-25-18-27-29(19-26(25)33-21-8-3-2-4-9-21)36(22-15-13-20(31)14-16-22)28-12-6-5-10-23(28)34-27/h5-7,10-13,15,17-19,21,35H,2-4,8-9,14,16H2,1H3. The summed E-state index contributed by atoms with van der Waals surface area (Å²) in [5.74, 6) is 0.553. The monoisotopic (exact) mass is 555 g/mol. The zero-order chi connectivity index (χ0) is 25.2. The average molecular weight is 557 g/mol. The fraction of sp³-hybridized carbons (Fsp3) is 0.300. The van der Waals surface area contributed by atoms with Gasteiger partial charge in [0.2, 0.25) is 5.88 Å². The summed E-state index contributed by atoms with van der Waals surface area (Å²) in [5, 5.41) is 4.51. The number of ether oxygens (including phenoxy) is 1. The largest absolute Gasteiger partial charge is 0.480 e. The summed E-state index contributed by atoms with van der Waals surface area (Å²) in [6, 6.07) is 16.9. The highest BCUT2D eigenvalue weighted by Gasteiger charge is 2.20. The SMILES string of the molecule is COc1ncccc1Nc1cc2nc3ccccc3n(C3=CC=C(Br)CC3)c-2cc1=NC1CCCCC1. The molecular weight excluding hydrogens is 526 g/mol. The van der Waals surface area contributed by atoms with Gasteiger partial charge < -0.3 is 14.6 Å². The normalized spacial score (nSPS) is 17.1. The van der Waals surface area contributed by atoms with Crippen LogP contribution in [0.2, 0.25) is 0 Å². The minimum Gasteiger partial charge on any atom is -0.480 e. The third-order valence-corrected chi connectivity index (χ3v) is 7.85. The fourth-order valence-corrected chi connectivity index (χ4v) is 5.68. The molecule has 2 aromatic rings. The van der Waals surface area contributed by atoms with Crippen LogP contribution in [0.25, 0.3) is 28.1 Å². The van der Waals surface area contributed by atoms with Crippen molar-refractivity contribution in [3.05, 3.63) is 76.7 Å². The molecule has 0 amide bonds. The Morgan fingerprint density at radius 3 is 2.68 bits per heavy atom. The first-order valence-electron chi connectivity index (χ1n) is 13.0. The van der Waals surface area contributed by atoms with Gasteiger partial charge in [-0.3, -0.25) is 4.99 Å². The number of para-hydroxylation sites is 2. The number of allylic oxidation sites excluding steroid dienone is 4. The molecule has 0 saturated heterocycles. The number of hydrogen-bond acceptors (Lipinski definition) is 5. The molecule has 3 aliphatic carbocycles. The highest BCUT2D eigenvalue weighted by Crippen LogP contribution is 2.35. The van der Waals surface area contributed by atoms with Crippen molar-refractivity contribution in [1.82, 2.24) is 14.5 Å². The first kappa shape index (κ1) is 23.9. The predicted octanol–water partition coefficient (Wildman–Crippen LogP) is 7.44. The molecule has 2 heterocycles. The molecule has 1 aliphatic heterocycles. The number of benzene rings is 2. The number of pyridine rings is 1. The molecule has 0 unspecified atom stereocenters. The van der Waals surface area contributed by atoms with Crippen LogP contribution in [0.3, 0.4) is 0 Å². The van der Waals surface area contributed by atoms with Gasteiger partial charge >= 0.3 is 0 Å². The summed E-state index contributed by atoms with van der Waals surface area (Å²) in [4.78, 5) is 14.7. The summed E-state index contributed by atoms with van der Waals surface area (Å²) in [7, 11) is 1.64. The van der Waals surface area contributed by atoms with Crippen LogP contribution in [0.5, 0.6) is 5.88 Å². The Labute approximate surface area is 225 Å². The summed E-state index contributed by atoms with van der Waals surface area (Å²) in [6.07, 6.45) is 14.1. The fourth-order valence-electron chi connectivity index (χ4n) is 5.35. The molecule has 0 radical (unpaired) electrons. The van der Waals surface area contributed by atoms with Crippen molar-refractivity contribution in [1.29, 1.82) is 0 Å². The molecular formula is C30H30BrN5O. The lowest BCUT2D eigenvalue weighted by molar-refractivity contribution is 0.400. The van der Waals surface area contributed by atoms with Crippen LogP contribution in [-0.4, -0.2) is 27.7 Å². The van der Waals surface area contributed by atoms with Gasteiger partial charge in [-0.05, 0) is 72.6 Å². The van der Waals surface area contributed by atoms with Crippen LogP contribution >= 0.6 is 15.9 Å². The molecule has 4 aliphatic rings. The number of fused-ring (bicyclic) bond motifs is 2. The van der Waals surface area contributed by atoms with E-state index >= 15 is 0 Å². The van der Waals surface area contributed by atoms with Gasteiger partial charge in [0.1, 0.15) is 5.69 Å². The molecule has 6 rings (SSSR count). The van der Waals surface area contributed by atoms with E-state index in [1.54, 1.807) is 13.3 Å². The number of aromatic nitrogens is 3. The molecule has 0 bridgehead atoms. The lowest BCUT2D eigenvalue weighted by Gasteiger charge is -2.24. The van der Waals surface area contributed by atoms with Crippen molar-refractivity contribution in [2.75, 3.05) is 12.4 Å². The van der Waals surface area contributed by atoms with Crippen LogP contribution < -0.4 is 15.4 Å². The van der Waals surface area contributed by atoms with Crippen molar-refractivity contribution < 1.29 is 4.74 Å². The van der Waals surface area contributed by atoms with E-state index in [1.165, 1.54) is 29.4 Å². The number of nitrogens with zero attached hydrogens (tertiary/aromatic N) is 4. The Hall–Kier alpha value is -3.45. The zero-order valence-electron chi connectivity index (χ0n) is 21.0. The van der Waals surface area contributed by atoms with Gasteiger partial charge in [-0.25, -0.2) is 9.97 Å². The Kier molecular flexibility index (Phi) is 6.79. The van der Waals surface area contributed by atoms with E-state index < -0.39 is 0 Å². The highest BCUT2D eigenvalue weighted by atomic mass is 79.9. The number of hydrogen-bond donors (Lipinski definition) is 1. The zero-order valence-corrected chi connectivity index (χ0v) is 22.5. The van der Waals surface area contributed by atoms with Crippen molar-refractivity contribution in [3.63, 3.8) is 0 Å². The summed E-state index contributed by atoms with van der Waals surface area (Å²) >= 11 is 3.66. The first-order valence-corrected chi connectivity index (χ1v) is 13.8. The molecule has 7 heteroatoms. The van der Waals surface area contributed by atoms with Gasteiger partial charge in [-0.2, -0.15) is 0 Å². The first-order chi connectivity index (χ1) is 18.2. The molecule has 0 atom stereocenters. The summed E-state index contributed by atoms with van der Waals surface area (Å²) in [5.41, 5.74) is 7.03. The van der Waals surface area contributed by atoms with Crippen LogP contribution in [0, 0.1) is 0 Å². The Balaban J connectivity index is 1.60. The molecule has 1 aromatic carbocycles. The van der Waals surface area contributed by atoms with E-state index in [9.17, 15) is 0 Å². The summed E-state index contributed by atoms with van der Waals surface area (Å²) in [6.45, 7) is 0. The van der Waals surface area contributed by atoms with Gasteiger partial charge in [-0.15, -0.1) is 0 Å². The maximum absolute atomic E-state index is 5.52. The lowest BCUT2D eigenvalue weighted by atomic mass is 9.96. The molecule has 37 heavy (non-hydrogen) atoms. The van der Waals surface area contributed by atoms with Gasteiger partial charge in [-0.1, -0.05) is 53.4 Å². The minimum absolute atomic E-state index is 0.331. The number of nitrogens with one attached hydrogen (secondary N) is 1. The Morgan fingerprint density at radius 1 is 1.00 bits per heavy atom. The Bertz CT molecular complexity index is 1550. The van der Waals surface area contributed by atoms with E-state index in [4.69, 9.17) is 14.7 Å². The van der Waals surface area contributed by atoms with Crippen molar-refractivity contribution in [2.24, 2.45) is 4.99 Å². The Morgan fingerprint density at radius 2 is 1.86 bits per heavy atom. The maximum atomic E-state index is 5.52. The quantitative estimate of drug-likeness (QED) is 0.260. The topological polar surface area (TPSA) is 64.3 Å². The molecule has 1 N–H and O–H groups in total. The maximum Gasteiger partial charge on any atom is 0.237 e. The van der Waals surface area contributed by atoms with Crippen LogP contribution in [0.1, 0.15) is 44.9 Å². The van der Waals surface area contributed by atoms with Gasteiger partial charge in [0, 0.05) is 11.9 Å². The van der Waals surface area contributed by atoms with Crippen molar-refractivity contribution in [2.45, 2.75) is 51.0 Å². The molecule has 1 aromatic heterocycles. The highest BCUT2D eigenvalue weighted by molar-refractivity contribution is 9.11.